The molecule has 2 nitrogen and oxygen atoms in total. The topological polar surface area (TPSA) is 29.1 Å². The van der Waals surface area contributed by atoms with Crippen molar-refractivity contribution in [3.63, 3.8) is 0 Å². The van der Waals surface area contributed by atoms with E-state index in [0.29, 0.717) is 11.0 Å². The molecule has 0 saturated heterocycles. The lowest BCUT2D eigenvalue weighted by Crippen LogP contribution is -2.27. The Balaban J connectivity index is 0.000000956. The van der Waals surface area contributed by atoms with Gasteiger partial charge < -0.3 is 5.32 Å². The normalized spacial score (nSPS) is 15.2. The third kappa shape index (κ3) is 5.33. The molecule has 112 valence electrons. The first kappa shape index (κ1) is 17.3. The molecule has 1 aromatic carbocycles. The molecule has 0 amide bonds. The number of benzene rings is 1. The number of nitrogens with one attached hydrogen (secondary N) is 1. The average molecular weight is 344 g/mol. The van der Waals surface area contributed by atoms with Crippen LogP contribution in [0.1, 0.15) is 45.1 Å². The minimum absolute atomic E-state index is 0.0695. The van der Waals surface area contributed by atoms with Crippen LogP contribution in [0.15, 0.2) is 22.7 Å². The van der Waals surface area contributed by atoms with Crippen LogP contribution in [0.25, 0.3) is 0 Å². The molecule has 1 fully saturated rings. The first-order chi connectivity index (χ1) is 9.58. The van der Waals surface area contributed by atoms with Gasteiger partial charge in [-0.15, -0.1) is 0 Å². The van der Waals surface area contributed by atoms with E-state index in [9.17, 15) is 9.18 Å². The summed E-state index contributed by atoms with van der Waals surface area (Å²) in [6.07, 6.45) is 2.56. The lowest BCUT2D eigenvalue weighted by molar-refractivity contribution is -0.118. The Morgan fingerprint density at radius 3 is 2.60 bits per heavy atom. The Morgan fingerprint density at radius 1 is 1.45 bits per heavy atom. The number of hydrogen-bond donors (Lipinski definition) is 1. The van der Waals surface area contributed by atoms with Crippen LogP contribution in [-0.2, 0) is 4.79 Å². The highest BCUT2D eigenvalue weighted by Crippen LogP contribution is 2.28. The monoisotopic (exact) mass is 343 g/mol. The van der Waals surface area contributed by atoms with Gasteiger partial charge in [-0.3, -0.25) is 4.79 Å². The van der Waals surface area contributed by atoms with Gasteiger partial charge in [0.05, 0.1) is 10.4 Å². The molecular formula is C16H23BrFNO. The molecule has 0 aromatic heterocycles. The van der Waals surface area contributed by atoms with Crippen molar-refractivity contribution < 1.29 is 9.18 Å². The van der Waals surface area contributed by atoms with Crippen molar-refractivity contribution in [2.24, 2.45) is 5.92 Å². The first-order valence-corrected chi connectivity index (χ1v) is 8.03. The predicted molar refractivity (Wildman–Crippen MR) is 84.5 cm³/mol. The van der Waals surface area contributed by atoms with Crippen LogP contribution in [-0.4, -0.2) is 18.9 Å². The molecule has 1 N–H and O–H groups in total. The smallest absolute Gasteiger partial charge is 0.138 e. The van der Waals surface area contributed by atoms with Gasteiger partial charge in [-0.25, -0.2) is 4.39 Å². The Labute approximate surface area is 129 Å². The summed E-state index contributed by atoms with van der Waals surface area (Å²) in [6, 6.07) is 4.90. The molecule has 1 aliphatic carbocycles. The Morgan fingerprint density at radius 2 is 2.10 bits per heavy atom. The third-order valence-electron chi connectivity index (χ3n) is 3.32. The van der Waals surface area contributed by atoms with Crippen LogP contribution >= 0.6 is 15.9 Å². The van der Waals surface area contributed by atoms with E-state index in [-0.39, 0.29) is 17.5 Å². The molecule has 0 radical (unpaired) electrons. The molecular weight excluding hydrogens is 321 g/mol. The number of carbonyl (C=O) groups excluding carboxylic acids is 1. The second kappa shape index (κ2) is 8.53. The number of halogens is 2. The van der Waals surface area contributed by atoms with Gasteiger partial charge in [0.2, 0.25) is 0 Å². The van der Waals surface area contributed by atoms with Gasteiger partial charge in [0, 0.05) is 6.54 Å². The largest absolute Gasteiger partial charge is 0.315 e. The minimum atomic E-state index is -0.319. The molecule has 1 atom stereocenters. The number of carbonyl (C=O) groups is 1. The molecule has 0 spiro atoms. The zero-order chi connectivity index (χ0) is 15.1. The highest BCUT2D eigenvalue weighted by atomic mass is 79.9. The summed E-state index contributed by atoms with van der Waals surface area (Å²) < 4.78 is 13.9. The summed E-state index contributed by atoms with van der Waals surface area (Å²) in [5.41, 5.74) is 0.742. The first-order valence-electron chi connectivity index (χ1n) is 7.24. The van der Waals surface area contributed by atoms with E-state index in [0.717, 1.165) is 18.0 Å². The van der Waals surface area contributed by atoms with E-state index in [2.05, 4.69) is 21.2 Å². The van der Waals surface area contributed by atoms with Crippen LogP contribution in [0.2, 0.25) is 0 Å². The van der Waals surface area contributed by atoms with E-state index in [1.807, 2.05) is 13.8 Å². The molecule has 0 aliphatic heterocycles. The molecule has 4 heteroatoms. The SMILES string of the molecule is CC.CC(=O)C(CNCC1CC1)c1ccc(Br)c(F)c1. The average Bonchev–Trinajstić information content (AvgIpc) is 3.24. The van der Waals surface area contributed by atoms with Gasteiger partial charge in [-0.05, 0) is 65.9 Å². The maximum Gasteiger partial charge on any atom is 0.138 e. The third-order valence-corrected chi connectivity index (χ3v) is 3.96. The van der Waals surface area contributed by atoms with Crippen molar-refractivity contribution in [2.45, 2.75) is 39.5 Å². The van der Waals surface area contributed by atoms with Crippen LogP contribution in [0.4, 0.5) is 4.39 Å². The van der Waals surface area contributed by atoms with Crippen molar-refractivity contribution in [1.29, 1.82) is 0 Å². The fraction of sp³-hybridized carbons (Fsp3) is 0.562. The highest BCUT2D eigenvalue weighted by molar-refractivity contribution is 9.10. The van der Waals surface area contributed by atoms with Gasteiger partial charge >= 0.3 is 0 Å². The van der Waals surface area contributed by atoms with Gasteiger partial charge in [0.1, 0.15) is 11.6 Å². The van der Waals surface area contributed by atoms with E-state index >= 15 is 0 Å². The lowest BCUT2D eigenvalue weighted by atomic mass is 9.95. The van der Waals surface area contributed by atoms with Crippen molar-refractivity contribution in [2.75, 3.05) is 13.1 Å². The van der Waals surface area contributed by atoms with Crippen molar-refractivity contribution in [3.05, 3.63) is 34.1 Å². The van der Waals surface area contributed by atoms with Crippen LogP contribution in [0, 0.1) is 11.7 Å². The quantitative estimate of drug-likeness (QED) is 0.834. The molecule has 2 rings (SSSR count). The number of rotatable bonds is 6. The number of ketones is 1. The number of Topliss-reactive ketones (excluding diaryl/α,β-unsaturated/α-hetero) is 1. The molecule has 1 saturated carbocycles. The molecule has 1 aliphatic rings. The van der Waals surface area contributed by atoms with Gasteiger partial charge in [-0.1, -0.05) is 19.9 Å². The fourth-order valence-corrected chi connectivity index (χ4v) is 2.23. The second-order valence-corrected chi connectivity index (χ2v) is 5.79. The summed E-state index contributed by atoms with van der Waals surface area (Å²) >= 11 is 3.12. The summed E-state index contributed by atoms with van der Waals surface area (Å²) in [7, 11) is 0. The Bertz CT molecular complexity index is 446. The van der Waals surface area contributed by atoms with Gasteiger partial charge in [0.15, 0.2) is 0 Å². The summed E-state index contributed by atoms with van der Waals surface area (Å²) in [4.78, 5) is 11.7. The van der Waals surface area contributed by atoms with Crippen molar-refractivity contribution in [1.82, 2.24) is 5.32 Å². The summed E-state index contributed by atoms with van der Waals surface area (Å²) in [5, 5.41) is 3.31. The van der Waals surface area contributed by atoms with E-state index in [1.54, 1.807) is 19.1 Å². The van der Waals surface area contributed by atoms with E-state index in [1.165, 1.54) is 18.9 Å². The van der Waals surface area contributed by atoms with Crippen molar-refractivity contribution >= 4 is 21.7 Å². The van der Waals surface area contributed by atoms with Crippen LogP contribution < -0.4 is 5.32 Å². The molecule has 1 unspecified atom stereocenters. The Hall–Kier alpha value is -0.740. The van der Waals surface area contributed by atoms with Crippen LogP contribution in [0.5, 0.6) is 0 Å². The number of hydrogen-bond acceptors (Lipinski definition) is 2. The molecule has 1 aromatic rings. The second-order valence-electron chi connectivity index (χ2n) is 4.94. The predicted octanol–water partition coefficient (Wildman–Crippen LogP) is 4.29. The molecule has 0 bridgehead atoms. The van der Waals surface area contributed by atoms with E-state index in [4.69, 9.17) is 0 Å². The maximum atomic E-state index is 13.5. The van der Waals surface area contributed by atoms with Crippen LogP contribution in [0.3, 0.4) is 0 Å². The molecule has 0 heterocycles. The van der Waals surface area contributed by atoms with Crippen molar-refractivity contribution in [3.8, 4) is 0 Å². The standard InChI is InChI=1S/C14H17BrFNO.C2H6/c1-9(18)12(8-17-7-10-2-3-10)11-4-5-13(15)14(16)6-11;1-2/h4-6,10,12,17H,2-3,7-8H2,1H3;1-2H3. The zero-order valence-electron chi connectivity index (χ0n) is 12.4. The highest BCUT2D eigenvalue weighted by Gasteiger charge is 2.22. The van der Waals surface area contributed by atoms with E-state index < -0.39 is 0 Å². The fourth-order valence-electron chi connectivity index (χ4n) is 1.98. The lowest BCUT2D eigenvalue weighted by Gasteiger charge is -2.15. The maximum absolute atomic E-state index is 13.5. The summed E-state index contributed by atoms with van der Waals surface area (Å²) in [6.45, 7) is 7.11. The minimum Gasteiger partial charge on any atom is -0.315 e. The molecule has 20 heavy (non-hydrogen) atoms. The Kier molecular flexibility index (Phi) is 7.38. The summed E-state index contributed by atoms with van der Waals surface area (Å²) in [5.74, 6) is 0.270. The van der Waals surface area contributed by atoms with Gasteiger partial charge in [0.25, 0.3) is 0 Å². The zero-order valence-corrected chi connectivity index (χ0v) is 14.0. The van der Waals surface area contributed by atoms with Gasteiger partial charge in [-0.2, -0.15) is 0 Å².